The van der Waals surface area contributed by atoms with Crippen LogP contribution in [-0.4, -0.2) is 19.9 Å². The third kappa shape index (κ3) is 4.38. The number of oxazole rings is 1. The summed E-state index contributed by atoms with van der Waals surface area (Å²) < 4.78 is 13.2. The second-order valence-corrected chi connectivity index (χ2v) is 13.0. The van der Waals surface area contributed by atoms with E-state index in [2.05, 4.69) is 72.8 Å². The van der Waals surface area contributed by atoms with Crippen LogP contribution < -0.4 is 0 Å². The molecule has 0 atom stereocenters. The smallest absolute Gasteiger partial charge is 0.227 e. The largest absolute Gasteiger partial charge is 0.455 e. The van der Waals surface area contributed by atoms with Gasteiger partial charge in [0.25, 0.3) is 0 Å². The first-order valence-corrected chi connectivity index (χ1v) is 17.2. The lowest BCUT2D eigenvalue weighted by atomic mass is 9.98. The van der Waals surface area contributed by atoms with Crippen molar-refractivity contribution < 1.29 is 8.83 Å². The van der Waals surface area contributed by atoms with Gasteiger partial charge >= 0.3 is 0 Å². The molecule has 0 aliphatic carbocycles. The van der Waals surface area contributed by atoms with Crippen molar-refractivity contribution >= 4 is 65.4 Å². The van der Waals surface area contributed by atoms with Crippen molar-refractivity contribution in [2.75, 3.05) is 0 Å². The monoisotopic (exact) mass is 666 g/mol. The molecular formula is C46H26N4O2. The van der Waals surface area contributed by atoms with Crippen molar-refractivity contribution in [2.45, 2.75) is 0 Å². The molecule has 0 spiro atoms. The lowest BCUT2D eigenvalue weighted by molar-refractivity contribution is 0.623. The normalized spacial score (nSPS) is 11.8. The molecule has 6 heteroatoms. The van der Waals surface area contributed by atoms with E-state index in [-0.39, 0.29) is 0 Å². The third-order valence-corrected chi connectivity index (χ3v) is 9.92. The molecule has 3 heterocycles. The number of benzene rings is 8. The Hall–Kier alpha value is -7.18. The van der Waals surface area contributed by atoms with Crippen LogP contribution >= 0.6 is 0 Å². The van der Waals surface area contributed by atoms with Crippen LogP contribution in [0.15, 0.2) is 167 Å². The quantitative estimate of drug-likeness (QED) is 0.186. The van der Waals surface area contributed by atoms with Gasteiger partial charge in [0, 0.05) is 49.2 Å². The highest BCUT2D eigenvalue weighted by atomic mass is 16.3. The molecule has 0 N–H and O–H groups in total. The summed E-state index contributed by atoms with van der Waals surface area (Å²) >= 11 is 0. The molecule has 242 valence electrons. The molecule has 8 aromatic carbocycles. The van der Waals surface area contributed by atoms with E-state index >= 15 is 0 Å². The van der Waals surface area contributed by atoms with Crippen LogP contribution in [-0.2, 0) is 0 Å². The molecular weight excluding hydrogens is 641 g/mol. The summed E-state index contributed by atoms with van der Waals surface area (Å²) in [4.78, 5) is 20.6. The third-order valence-electron chi connectivity index (χ3n) is 9.92. The molecule has 0 amide bonds. The van der Waals surface area contributed by atoms with Crippen molar-refractivity contribution in [3.63, 3.8) is 0 Å². The van der Waals surface area contributed by atoms with E-state index in [4.69, 9.17) is 28.8 Å². The van der Waals surface area contributed by atoms with E-state index in [1.165, 1.54) is 0 Å². The Kier molecular flexibility index (Phi) is 6.15. The summed E-state index contributed by atoms with van der Waals surface area (Å²) in [5.74, 6) is 2.25. The molecule has 0 radical (unpaired) electrons. The van der Waals surface area contributed by atoms with E-state index in [1.54, 1.807) is 0 Å². The summed E-state index contributed by atoms with van der Waals surface area (Å²) in [5, 5.41) is 8.16. The summed E-state index contributed by atoms with van der Waals surface area (Å²) in [6.45, 7) is 0. The average Bonchev–Trinajstić information content (AvgIpc) is 3.84. The van der Waals surface area contributed by atoms with Gasteiger partial charge < -0.3 is 8.83 Å². The number of fused-ring (bicyclic) bond motifs is 10. The summed E-state index contributed by atoms with van der Waals surface area (Å²) in [6, 6.07) is 53.4. The van der Waals surface area contributed by atoms with E-state index in [0.717, 1.165) is 87.6 Å². The van der Waals surface area contributed by atoms with E-state index in [9.17, 15) is 0 Å². The molecule has 0 saturated heterocycles. The van der Waals surface area contributed by atoms with Crippen LogP contribution in [0.2, 0.25) is 0 Å². The van der Waals surface area contributed by atoms with Crippen LogP contribution in [0.3, 0.4) is 0 Å². The summed E-state index contributed by atoms with van der Waals surface area (Å²) in [7, 11) is 0. The van der Waals surface area contributed by atoms with Crippen molar-refractivity contribution in [1.29, 1.82) is 0 Å². The fourth-order valence-electron chi connectivity index (χ4n) is 7.49. The minimum Gasteiger partial charge on any atom is -0.455 e. The number of furan rings is 1. The molecule has 52 heavy (non-hydrogen) atoms. The van der Waals surface area contributed by atoms with Gasteiger partial charge in [-0.25, -0.2) is 19.9 Å². The Morgan fingerprint density at radius 2 is 0.942 bits per heavy atom. The van der Waals surface area contributed by atoms with Gasteiger partial charge in [-0.05, 0) is 46.5 Å². The Bertz CT molecular complexity index is 3180. The SMILES string of the molecule is c1ccc(-c2nc(-c3cc4nc(-c5ccccc5)oc4c4ccccc34)nc(-c3cc4ccccc4c4oc5c6ccccc6ccc5c34)n2)cc1. The number of hydrogen-bond acceptors (Lipinski definition) is 6. The first kappa shape index (κ1) is 28.6. The van der Waals surface area contributed by atoms with Gasteiger partial charge in [-0.1, -0.05) is 127 Å². The second kappa shape index (κ2) is 11.2. The zero-order valence-electron chi connectivity index (χ0n) is 27.6. The van der Waals surface area contributed by atoms with Gasteiger partial charge in [0.2, 0.25) is 5.89 Å². The van der Waals surface area contributed by atoms with E-state index < -0.39 is 0 Å². The molecule has 0 fully saturated rings. The first-order valence-electron chi connectivity index (χ1n) is 17.2. The molecule has 6 nitrogen and oxygen atoms in total. The zero-order valence-corrected chi connectivity index (χ0v) is 27.6. The highest BCUT2D eigenvalue weighted by molar-refractivity contribution is 6.24. The summed E-state index contributed by atoms with van der Waals surface area (Å²) in [5.41, 5.74) is 6.65. The van der Waals surface area contributed by atoms with E-state index in [1.807, 2.05) is 84.9 Å². The molecule has 11 aromatic rings. The molecule has 0 aliphatic rings. The van der Waals surface area contributed by atoms with Crippen molar-refractivity contribution in [1.82, 2.24) is 19.9 Å². The van der Waals surface area contributed by atoms with Gasteiger partial charge in [-0.3, -0.25) is 0 Å². The number of nitrogens with zero attached hydrogens (tertiary/aromatic N) is 4. The van der Waals surface area contributed by atoms with Crippen LogP contribution in [0.1, 0.15) is 0 Å². The number of hydrogen-bond donors (Lipinski definition) is 0. The lowest BCUT2D eigenvalue weighted by Gasteiger charge is -2.12. The van der Waals surface area contributed by atoms with Crippen LogP contribution in [0.4, 0.5) is 0 Å². The molecule has 0 saturated carbocycles. The van der Waals surface area contributed by atoms with E-state index in [0.29, 0.717) is 23.4 Å². The van der Waals surface area contributed by atoms with Gasteiger partial charge in [0.15, 0.2) is 23.1 Å². The highest BCUT2D eigenvalue weighted by Crippen LogP contribution is 2.43. The Balaban J connectivity index is 1.23. The minimum absolute atomic E-state index is 0.547. The average molecular weight is 667 g/mol. The molecule has 3 aromatic heterocycles. The van der Waals surface area contributed by atoms with Crippen molar-refractivity contribution in [3.05, 3.63) is 158 Å². The van der Waals surface area contributed by atoms with Gasteiger partial charge in [-0.15, -0.1) is 0 Å². The Labute approximate surface area is 296 Å². The minimum atomic E-state index is 0.547. The topological polar surface area (TPSA) is 77.8 Å². The lowest BCUT2D eigenvalue weighted by Crippen LogP contribution is -2.01. The van der Waals surface area contributed by atoms with Crippen LogP contribution in [0, 0.1) is 0 Å². The fraction of sp³-hybridized carbons (Fsp3) is 0. The molecule has 0 aliphatic heterocycles. The Morgan fingerprint density at radius 1 is 0.346 bits per heavy atom. The van der Waals surface area contributed by atoms with Crippen LogP contribution in [0.5, 0.6) is 0 Å². The van der Waals surface area contributed by atoms with Gasteiger partial charge in [0.05, 0.1) is 0 Å². The molecule has 0 bridgehead atoms. The van der Waals surface area contributed by atoms with Crippen molar-refractivity contribution in [3.8, 4) is 45.6 Å². The second-order valence-electron chi connectivity index (χ2n) is 13.0. The fourth-order valence-corrected chi connectivity index (χ4v) is 7.49. The maximum Gasteiger partial charge on any atom is 0.227 e. The zero-order chi connectivity index (χ0) is 34.2. The summed E-state index contributed by atoms with van der Waals surface area (Å²) in [6.07, 6.45) is 0. The van der Waals surface area contributed by atoms with Crippen molar-refractivity contribution in [2.24, 2.45) is 0 Å². The highest BCUT2D eigenvalue weighted by Gasteiger charge is 2.23. The predicted octanol–water partition coefficient (Wildman–Crippen LogP) is 12.0. The number of aromatic nitrogens is 4. The Morgan fingerprint density at radius 3 is 1.71 bits per heavy atom. The van der Waals surface area contributed by atoms with Gasteiger partial charge in [0.1, 0.15) is 16.7 Å². The van der Waals surface area contributed by atoms with Gasteiger partial charge in [-0.2, -0.15) is 0 Å². The standard InChI is InChI=1S/C46H26N4O2/c1-3-14-28(15-4-1)43-48-44(36-26-38-41(34-22-12-11-21-33(34)36)52-46(47-38)29-16-5-2-6-17-29)50-45(49-43)37-25-30-18-8-10-20-32(30)42-39(37)35-24-23-27-13-7-9-19-31(27)40(35)51-42/h1-26H. The maximum atomic E-state index is 6.83. The van der Waals surface area contributed by atoms with Crippen LogP contribution in [0.25, 0.3) is 111 Å². The maximum absolute atomic E-state index is 6.83. The predicted molar refractivity (Wildman–Crippen MR) is 209 cm³/mol. The number of rotatable bonds is 4. The first-order chi connectivity index (χ1) is 25.8. The molecule has 0 unspecified atom stereocenters. The molecule has 11 rings (SSSR count).